The second-order valence-corrected chi connectivity index (χ2v) is 5.62. The summed E-state index contributed by atoms with van der Waals surface area (Å²) in [6, 6.07) is 16.9. The summed E-state index contributed by atoms with van der Waals surface area (Å²) in [5.41, 5.74) is 2.75. The number of carbonyl (C=O) groups is 1. The lowest BCUT2D eigenvalue weighted by molar-refractivity contribution is -0.119. The Balaban J connectivity index is 1.57. The maximum absolute atomic E-state index is 12.6. The molecule has 1 aromatic heterocycles. The highest BCUT2D eigenvalue weighted by molar-refractivity contribution is 5.95. The van der Waals surface area contributed by atoms with Crippen molar-refractivity contribution in [1.82, 2.24) is 9.78 Å². The third-order valence-corrected chi connectivity index (χ3v) is 4.10. The molecular formula is C18H15N3O3. The first-order valence-corrected chi connectivity index (χ1v) is 7.74. The second kappa shape index (κ2) is 5.81. The first kappa shape index (κ1) is 14.4. The van der Waals surface area contributed by atoms with E-state index in [2.05, 4.69) is 5.10 Å². The standard InChI is InChI=1S/C18H15N3O3/c22-16(20-11-10-13-6-4-5-9-15(13)20)12-21-18(23)24-17(19-21)14-7-2-1-3-8-14/h1-9H,10-12H2. The molecule has 1 amide bonds. The van der Waals surface area contributed by atoms with Crippen molar-refractivity contribution >= 4 is 11.6 Å². The van der Waals surface area contributed by atoms with Crippen LogP contribution in [0.3, 0.4) is 0 Å². The van der Waals surface area contributed by atoms with Crippen LogP contribution in [0.5, 0.6) is 0 Å². The third-order valence-electron chi connectivity index (χ3n) is 4.10. The lowest BCUT2D eigenvalue weighted by Gasteiger charge is -2.16. The summed E-state index contributed by atoms with van der Waals surface area (Å²) in [6.45, 7) is 0.486. The molecule has 0 radical (unpaired) electrons. The van der Waals surface area contributed by atoms with Crippen LogP contribution >= 0.6 is 0 Å². The van der Waals surface area contributed by atoms with E-state index in [1.165, 1.54) is 0 Å². The third kappa shape index (κ3) is 2.52. The van der Waals surface area contributed by atoms with E-state index in [1.54, 1.807) is 17.0 Å². The summed E-state index contributed by atoms with van der Waals surface area (Å²) >= 11 is 0. The van der Waals surface area contributed by atoms with Gasteiger partial charge in [-0.2, -0.15) is 4.68 Å². The number of hydrogen-bond acceptors (Lipinski definition) is 4. The number of anilines is 1. The number of benzene rings is 2. The van der Waals surface area contributed by atoms with Gasteiger partial charge in [-0.05, 0) is 30.2 Å². The van der Waals surface area contributed by atoms with Crippen LogP contribution in [0.1, 0.15) is 5.56 Å². The van der Waals surface area contributed by atoms with Gasteiger partial charge >= 0.3 is 5.76 Å². The summed E-state index contributed by atoms with van der Waals surface area (Å²) in [4.78, 5) is 26.2. The summed E-state index contributed by atoms with van der Waals surface area (Å²) in [5.74, 6) is -0.583. The van der Waals surface area contributed by atoms with E-state index in [4.69, 9.17) is 4.42 Å². The molecule has 24 heavy (non-hydrogen) atoms. The molecule has 4 rings (SSSR count). The maximum Gasteiger partial charge on any atom is 0.437 e. The van der Waals surface area contributed by atoms with Gasteiger partial charge in [0.2, 0.25) is 11.8 Å². The molecule has 2 aromatic carbocycles. The maximum atomic E-state index is 12.6. The van der Waals surface area contributed by atoms with Gasteiger partial charge in [0.1, 0.15) is 6.54 Å². The largest absolute Gasteiger partial charge is 0.437 e. The number of para-hydroxylation sites is 1. The second-order valence-electron chi connectivity index (χ2n) is 5.62. The molecule has 120 valence electrons. The van der Waals surface area contributed by atoms with Crippen LogP contribution in [0.15, 0.2) is 63.8 Å². The Morgan fingerprint density at radius 3 is 2.67 bits per heavy atom. The minimum atomic E-state index is -0.630. The first-order valence-electron chi connectivity index (χ1n) is 7.74. The van der Waals surface area contributed by atoms with Crippen molar-refractivity contribution in [2.45, 2.75) is 13.0 Å². The van der Waals surface area contributed by atoms with Crippen molar-refractivity contribution in [3.63, 3.8) is 0 Å². The van der Waals surface area contributed by atoms with E-state index in [0.717, 1.165) is 22.4 Å². The van der Waals surface area contributed by atoms with Gasteiger partial charge in [-0.1, -0.05) is 36.4 Å². The molecule has 0 N–H and O–H groups in total. The van der Waals surface area contributed by atoms with E-state index < -0.39 is 5.76 Å². The quantitative estimate of drug-likeness (QED) is 0.741. The Kier molecular flexibility index (Phi) is 3.49. The topological polar surface area (TPSA) is 68.3 Å². The van der Waals surface area contributed by atoms with Crippen LogP contribution in [0.4, 0.5) is 5.69 Å². The Labute approximate surface area is 137 Å². The molecule has 0 bridgehead atoms. The summed E-state index contributed by atoms with van der Waals surface area (Å²) in [7, 11) is 0. The minimum absolute atomic E-state index is 0.135. The van der Waals surface area contributed by atoms with Crippen LogP contribution in [0, 0.1) is 0 Å². The highest BCUT2D eigenvalue weighted by atomic mass is 16.4. The zero-order valence-corrected chi connectivity index (χ0v) is 12.9. The van der Waals surface area contributed by atoms with Crippen molar-refractivity contribution in [3.05, 3.63) is 70.7 Å². The predicted molar refractivity (Wildman–Crippen MR) is 88.7 cm³/mol. The van der Waals surface area contributed by atoms with Crippen molar-refractivity contribution in [3.8, 4) is 11.5 Å². The van der Waals surface area contributed by atoms with Crippen molar-refractivity contribution in [1.29, 1.82) is 0 Å². The molecule has 2 heterocycles. The van der Waals surface area contributed by atoms with E-state index in [1.807, 2.05) is 42.5 Å². The SMILES string of the molecule is O=C(Cn1nc(-c2ccccc2)oc1=O)N1CCc2ccccc21. The van der Waals surface area contributed by atoms with Gasteiger partial charge in [0.05, 0.1) is 0 Å². The number of fused-ring (bicyclic) bond motifs is 1. The molecule has 1 aliphatic heterocycles. The van der Waals surface area contributed by atoms with Crippen LogP contribution in [0.2, 0.25) is 0 Å². The van der Waals surface area contributed by atoms with Gasteiger partial charge in [-0.25, -0.2) is 4.79 Å². The number of aromatic nitrogens is 2. The number of hydrogen-bond donors (Lipinski definition) is 0. The zero-order valence-electron chi connectivity index (χ0n) is 12.9. The normalized spacial score (nSPS) is 13.1. The van der Waals surface area contributed by atoms with Crippen molar-refractivity contribution < 1.29 is 9.21 Å². The van der Waals surface area contributed by atoms with E-state index in [0.29, 0.717) is 12.1 Å². The van der Waals surface area contributed by atoms with Crippen LogP contribution in [-0.4, -0.2) is 22.2 Å². The number of carbonyl (C=O) groups excluding carboxylic acids is 1. The van der Waals surface area contributed by atoms with Gasteiger partial charge in [0.25, 0.3) is 0 Å². The lowest BCUT2D eigenvalue weighted by atomic mass is 10.2. The molecule has 0 saturated carbocycles. The van der Waals surface area contributed by atoms with Gasteiger partial charge in [0, 0.05) is 17.8 Å². The fourth-order valence-corrected chi connectivity index (χ4v) is 2.91. The first-order chi connectivity index (χ1) is 11.7. The van der Waals surface area contributed by atoms with Crippen LogP contribution < -0.4 is 10.7 Å². The summed E-state index contributed by atoms with van der Waals surface area (Å²) < 4.78 is 6.23. The molecule has 0 saturated heterocycles. The molecule has 0 fully saturated rings. The molecule has 0 aliphatic carbocycles. The van der Waals surface area contributed by atoms with E-state index in [-0.39, 0.29) is 18.3 Å². The minimum Gasteiger partial charge on any atom is -0.388 e. The van der Waals surface area contributed by atoms with Crippen LogP contribution in [0.25, 0.3) is 11.5 Å². The van der Waals surface area contributed by atoms with E-state index >= 15 is 0 Å². The Bertz CT molecular complexity index is 943. The Morgan fingerprint density at radius 1 is 1.08 bits per heavy atom. The summed E-state index contributed by atoms with van der Waals surface area (Å²) in [5, 5.41) is 4.14. The smallest absolute Gasteiger partial charge is 0.388 e. The average Bonchev–Trinajstić information content (AvgIpc) is 3.20. The van der Waals surface area contributed by atoms with Crippen LogP contribution in [-0.2, 0) is 17.8 Å². The molecule has 0 unspecified atom stereocenters. The molecule has 3 aromatic rings. The van der Waals surface area contributed by atoms with Gasteiger partial charge in [-0.3, -0.25) is 4.79 Å². The van der Waals surface area contributed by atoms with E-state index in [9.17, 15) is 9.59 Å². The fourth-order valence-electron chi connectivity index (χ4n) is 2.91. The predicted octanol–water partition coefficient (Wildman–Crippen LogP) is 2.09. The molecule has 6 heteroatoms. The number of amides is 1. The van der Waals surface area contributed by atoms with Crippen molar-refractivity contribution in [2.24, 2.45) is 0 Å². The highest BCUT2D eigenvalue weighted by Crippen LogP contribution is 2.27. The molecule has 6 nitrogen and oxygen atoms in total. The molecule has 0 spiro atoms. The average molecular weight is 321 g/mol. The number of rotatable bonds is 3. The van der Waals surface area contributed by atoms with Gasteiger partial charge < -0.3 is 9.32 Å². The lowest BCUT2D eigenvalue weighted by Crippen LogP contribution is -2.35. The highest BCUT2D eigenvalue weighted by Gasteiger charge is 2.25. The zero-order chi connectivity index (χ0) is 16.5. The van der Waals surface area contributed by atoms with Crippen molar-refractivity contribution in [2.75, 3.05) is 11.4 Å². The molecular weight excluding hydrogens is 306 g/mol. The molecule has 1 aliphatic rings. The van der Waals surface area contributed by atoms with Gasteiger partial charge in [-0.15, -0.1) is 5.10 Å². The monoisotopic (exact) mass is 321 g/mol. The Hall–Kier alpha value is -3.15. The number of nitrogens with zero attached hydrogens (tertiary/aromatic N) is 3. The Morgan fingerprint density at radius 2 is 1.83 bits per heavy atom. The summed E-state index contributed by atoms with van der Waals surface area (Å²) in [6.07, 6.45) is 0.824. The molecule has 0 atom stereocenters. The van der Waals surface area contributed by atoms with Gasteiger partial charge in [0.15, 0.2) is 0 Å². The fraction of sp³-hybridized carbons (Fsp3) is 0.167.